The lowest BCUT2D eigenvalue weighted by molar-refractivity contribution is 0.587. The number of aromatic nitrogens is 2. The van der Waals surface area contributed by atoms with Gasteiger partial charge in [0.15, 0.2) is 0 Å². The molecule has 0 aromatic carbocycles. The summed E-state index contributed by atoms with van der Waals surface area (Å²) >= 11 is 3.36. The first-order valence-corrected chi connectivity index (χ1v) is 7.25. The molecule has 1 saturated carbocycles. The van der Waals surface area contributed by atoms with Crippen LogP contribution in [0, 0.1) is 0 Å². The molecule has 3 rings (SSSR count). The molecule has 0 atom stereocenters. The molecule has 0 unspecified atom stereocenters. The van der Waals surface area contributed by atoms with Gasteiger partial charge in [-0.2, -0.15) is 0 Å². The summed E-state index contributed by atoms with van der Waals surface area (Å²) in [4.78, 5) is 4.01. The second-order valence-electron chi connectivity index (χ2n) is 3.91. The zero-order valence-corrected chi connectivity index (χ0v) is 10.7. The van der Waals surface area contributed by atoms with Crippen LogP contribution in [0.3, 0.4) is 0 Å². The summed E-state index contributed by atoms with van der Waals surface area (Å²) in [6.45, 7) is 0. The van der Waals surface area contributed by atoms with Gasteiger partial charge >= 0.3 is 0 Å². The van der Waals surface area contributed by atoms with E-state index in [1.807, 2.05) is 0 Å². The third-order valence-electron chi connectivity index (χ3n) is 2.75. The number of nitrogens with zero attached hydrogens (tertiary/aromatic N) is 2. The number of hydrogen-bond donors (Lipinski definition) is 0. The predicted octanol–water partition coefficient (Wildman–Crippen LogP) is 2.14. The van der Waals surface area contributed by atoms with Gasteiger partial charge in [0.05, 0.1) is 17.0 Å². The van der Waals surface area contributed by atoms with Crippen molar-refractivity contribution in [3.05, 3.63) is 29.1 Å². The van der Waals surface area contributed by atoms with Gasteiger partial charge in [0, 0.05) is 22.3 Å². The van der Waals surface area contributed by atoms with E-state index in [1.165, 1.54) is 3.97 Å². The predicted molar refractivity (Wildman–Crippen MR) is 64.8 cm³/mol. The first-order chi connectivity index (χ1) is 7.60. The fourth-order valence-corrected chi connectivity index (χ4v) is 3.90. The summed E-state index contributed by atoms with van der Waals surface area (Å²) in [6, 6.07) is 1.79. The molecule has 0 bridgehead atoms. The van der Waals surface area contributed by atoms with Crippen molar-refractivity contribution >= 4 is 36.9 Å². The number of pyridine rings is 1. The van der Waals surface area contributed by atoms with Crippen molar-refractivity contribution in [2.45, 2.75) is 18.1 Å². The van der Waals surface area contributed by atoms with Crippen molar-refractivity contribution in [2.24, 2.45) is 0 Å². The highest BCUT2D eigenvalue weighted by atomic mass is 79.9. The molecule has 6 heteroatoms. The summed E-state index contributed by atoms with van der Waals surface area (Å²) in [5.41, 5.74) is 0.640. The zero-order chi connectivity index (χ0) is 11.3. The van der Waals surface area contributed by atoms with Crippen molar-refractivity contribution in [3.63, 3.8) is 0 Å². The molecule has 2 aromatic rings. The number of halogens is 1. The van der Waals surface area contributed by atoms with Gasteiger partial charge in [-0.05, 0) is 34.8 Å². The molecule has 0 amide bonds. The average molecular weight is 301 g/mol. The number of hydrogen-bond acceptors (Lipinski definition) is 3. The highest BCUT2D eigenvalue weighted by molar-refractivity contribution is 9.10. The lowest BCUT2D eigenvalue weighted by Gasteiger charge is -2.05. The minimum Gasteiger partial charge on any atom is -0.261 e. The lowest BCUT2D eigenvalue weighted by Crippen LogP contribution is -2.16. The minimum absolute atomic E-state index is 0.206. The van der Waals surface area contributed by atoms with E-state index in [1.54, 1.807) is 24.7 Å². The third-order valence-corrected chi connectivity index (χ3v) is 5.56. The second-order valence-corrected chi connectivity index (χ2v) is 6.85. The number of fused-ring (bicyclic) bond motifs is 1. The molecule has 1 aliphatic carbocycles. The average Bonchev–Trinajstić information content (AvgIpc) is 2.99. The van der Waals surface area contributed by atoms with Crippen molar-refractivity contribution in [1.29, 1.82) is 0 Å². The molecule has 2 heterocycles. The van der Waals surface area contributed by atoms with Gasteiger partial charge < -0.3 is 0 Å². The second kappa shape index (κ2) is 3.30. The van der Waals surface area contributed by atoms with E-state index in [0.717, 1.165) is 22.7 Å². The molecule has 0 radical (unpaired) electrons. The van der Waals surface area contributed by atoms with Crippen molar-refractivity contribution in [1.82, 2.24) is 8.96 Å². The Hall–Kier alpha value is -0.880. The Morgan fingerprint density at radius 3 is 2.81 bits per heavy atom. The SMILES string of the molecule is O=S(=O)(C1CC1)n1ccc2c(Br)cncc21. The van der Waals surface area contributed by atoms with Gasteiger partial charge in [0.1, 0.15) is 0 Å². The van der Waals surface area contributed by atoms with E-state index in [9.17, 15) is 8.42 Å². The Morgan fingerprint density at radius 2 is 2.12 bits per heavy atom. The van der Waals surface area contributed by atoms with Crippen molar-refractivity contribution < 1.29 is 8.42 Å². The Morgan fingerprint density at radius 1 is 1.38 bits per heavy atom. The van der Waals surface area contributed by atoms with Crippen LogP contribution in [-0.4, -0.2) is 22.6 Å². The highest BCUT2D eigenvalue weighted by Crippen LogP contribution is 2.33. The van der Waals surface area contributed by atoms with Crippen LogP contribution in [0.15, 0.2) is 29.1 Å². The Balaban J connectivity index is 2.29. The summed E-state index contributed by atoms with van der Waals surface area (Å²) in [5, 5.41) is 0.668. The molecule has 0 spiro atoms. The summed E-state index contributed by atoms with van der Waals surface area (Å²) in [7, 11) is -3.21. The van der Waals surface area contributed by atoms with E-state index in [-0.39, 0.29) is 5.25 Å². The van der Waals surface area contributed by atoms with Gasteiger partial charge in [-0.15, -0.1) is 0 Å². The molecule has 0 saturated heterocycles. The topological polar surface area (TPSA) is 52.0 Å². The fraction of sp³-hybridized carbons (Fsp3) is 0.300. The Labute approximate surface area is 101 Å². The molecule has 2 aromatic heterocycles. The summed E-state index contributed by atoms with van der Waals surface area (Å²) in [6.07, 6.45) is 6.38. The molecule has 0 N–H and O–H groups in total. The van der Waals surface area contributed by atoms with Crippen LogP contribution in [0.2, 0.25) is 0 Å². The molecule has 84 valence electrons. The summed E-state index contributed by atoms with van der Waals surface area (Å²) < 4.78 is 26.4. The normalized spacial score (nSPS) is 16.8. The molecular weight excluding hydrogens is 292 g/mol. The van der Waals surface area contributed by atoms with Crippen LogP contribution in [0.25, 0.3) is 10.9 Å². The zero-order valence-electron chi connectivity index (χ0n) is 8.30. The lowest BCUT2D eigenvalue weighted by atomic mass is 10.3. The smallest absolute Gasteiger partial charge is 0.241 e. The van der Waals surface area contributed by atoms with Crippen LogP contribution >= 0.6 is 15.9 Å². The Bertz CT molecular complexity index is 659. The molecular formula is C10H9BrN2O2S. The fourth-order valence-electron chi connectivity index (χ4n) is 1.75. The minimum atomic E-state index is -3.21. The van der Waals surface area contributed by atoms with Gasteiger partial charge in [-0.3, -0.25) is 4.98 Å². The first kappa shape index (κ1) is 10.3. The molecule has 16 heavy (non-hydrogen) atoms. The van der Waals surface area contributed by atoms with Crippen LogP contribution < -0.4 is 0 Å². The van der Waals surface area contributed by atoms with E-state index in [4.69, 9.17) is 0 Å². The van der Waals surface area contributed by atoms with Crippen molar-refractivity contribution in [3.8, 4) is 0 Å². The Kier molecular flexibility index (Phi) is 2.12. The largest absolute Gasteiger partial charge is 0.261 e. The quantitative estimate of drug-likeness (QED) is 0.854. The van der Waals surface area contributed by atoms with Gasteiger partial charge in [-0.25, -0.2) is 12.4 Å². The monoisotopic (exact) mass is 300 g/mol. The van der Waals surface area contributed by atoms with E-state index >= 15 is 0 Å². The number of rotatable bonds is 2. The van der Waals surface area contributed by atoms with Crippen molar-refractivity contribution in [2.75, 3.05) is 0 Å². The van der Waals surface area contributed by atoms with Gasteiger partial charge in [0.2, 0.25) is 10.0 Å². The highest BCUT2D eigenvalue weighted by Gasteiger charge is 2.37. The molecule has 1 fully saturated rings. The molecule has 0 aliphatic heterocycles. The molecule has 4 nitrogen and oxygen atoms in total. The third kappa shape index (κ3) is 1.40. The van der Waals surface area contributed by atoms with E-state index in [2.05, 4.69) is 20.9 Å². The maximum Gasteiger partial charge on any atom is 0.241 e. The van der Waals surface area contributed by atoms with Crippen LogP contribution in [0.1, 0.15) is 12.8 Å². The first-order valence-electron chi connectivity index (χ1n) is 4.95. The van der Waals surface area contributed by atoms with Crippen LogP contribution in [0.5, 0.6) is 0 Å². The molecule has 1 aliphatic rings. The van der Waals surface area contributed by atoms with Crippen LogP contribution in [0.4, 0.5) is 0 Å². The van der Waals surface area contributed by atoms with E-state index in [0.29, 0.717) is 5.52 Å². The standard InChI is InChI=1S/C10H9BrN2O2S/c11-9-5-12-6-10-8(9)3-4-13(10)16(14,15)7-1-2-7/h3-7H,1-2H2. The van der Waals surface area contributed by atoms with Gasteiger partial charge in [-0.1, -0.05) is 0 Å². The summed E-state index contributed by atoms with van der Waals surface area (Å²) in [5.74, 6) is 0. The van der Waals surface area contributed by atoms with Gasteiger partial charge in [0.25, 0.3) is 0 Å². The maximum atomic E-state index is 12.1. The maximum absolute atomic E-state index is 12.1. The van der Waals surface area contributed by atoms with Crippen LogP contribution in [-0.2, 0) is 10.0 Å². The van der Waals surface area contributed by atoms with E-state index < -0.39 is 10.0 Å².